The minimum atomic E-state index is -0.325. The molecule has 1 aromatic heterocycles. The summed E-state index contributed by atoms with van der Waals surface area (Å²) in [5.41, 5.74) is 2.38. The van der Waals surface area contributed by atoms with E-state index >= 15 is 0 Å². The molecule has 2 aromatic carbocycles. The summed E-state index contributed by atoms with van der Waals surface area (Å²) in [5.74, 6) is -0.269. The number of aromatic amines is 1. The number of benzene rings is 2. The molecule has 1 fully saturated rings. The smallest absolute Gasteiger partial charge is 0.326 e. The average molecular weight is 417 g/mol. The molecule has 4 rings (SSSR count). The van der Waals surface area contributed by atoms with Crippen molar-refractivity contribution in [2.45, 2.75) is 31.7 Å². The van der Waals surface area contributed by atoms with Crippen LogP contribution >= 0.6 is 0 Å². The summed E-state index contributed by atoms with van der Waals surface area (Å²) in [6.45, 7) is 2.70. The first-order chi connectivity index (χ1) is 13.6. The summed E-state index contributed by atoms with van der Waals surface area (Å²) in [5, 5.41) is 0. The molecule has 0 aliphatic carbocycles. The first kappa shape index (κ1) is 23.5. The Morgan fingerprint density at radius 3 is 2.40 bits per heavy atom. The third kappa shape index (κ3) is 5.02. The van der Waals surface area contributed by atoms with Crippen LogP contribution in [-0.4, -0.2) is 50.8 Å². The number of piperidine rings is 1. The molecule has 0 bridgehead atoms. The molecular weight excluding hydrogens is 389 g/mol. The third-order valence-corrected chi connectivity index (χ3v) is 5.59. The van der Waals surface area contributed by atoms with Gasteiger partial charge in [0.05, 0.1) is 11.0 Å². The summed E-state index contributed by atoms with van der Waals surface area (Å²) >= 11 is 0. The summed E-state index contributed by atoms with van der Waals surface area (Å²) in [6.07, 6.45) is 3.10. The molecule has 30 heavy (non-hydrogen) atoms. The Morgan fingerprint density at radius 1 is 1.03 bits per heavy atom. The first-order valence-electron chi connectivity index (χ1n) is 9.82. The number of hydrogen-bond donors (Lipinski definition) is 1. The topological polar surface area (TPSA) is 121 Å². The zero-order chi connectivity index (χ0) is 19.5. The molecule has 8 heteroatoms. The lowest BCUT2D eigenvalue weighted by atomic mass is 10.0. The largest absolute Gasteiger partial charge is 0.412 e. The molecule has 0 unspecified atom stereocenters. The monoisotopic (exact) mass is 417 g/mol. The van der Waals surface area contributed by atoms with Crippen LogP contribution in [0.3, 0.4) is 0 Å². The molecule has 0 spiro atoms. The highest BCUT2D eigenvalue weighted by Gasteiger charge is 2.23. The summed E-state index contributed by atoms with van der Waals surface area (Å²) in [6, 6.07) is 13.7. The van der Waals surface area contributed by atoms with Crippen LogP contribution in [0.15, 0.2) is 53.3 Å². The molecular formula is C22H28FN3O4. The minimum Gasteiger partial charge on any atom is -0.412 e. The highest BCUT2D eigenvalue weighted by molar-refractivity contribution is 5.95. The lowest BCUT2D eigenvalue weighted by Gasteiger charge is -2.32. The number of fused-ring (bicyclic) bond motifs is 1. The van der Waals surface area contributed by atoms with Gasteiger partial charge in [-0.05, 0) is 62.2 Å². The molecule has 0 atom stereocenters. The number of nitrogens with one attached hydrogen (secondary N) is 1. The first-order valence-corrected chi connectivity index (χ1v) is 9.82. The van der Waals surface area contributed by atoms with Gasteiger partial charge in [0.15, 0.2) is 5.78 Å². The number of carbonyl (C=O) groups excluding carboxylic acids is 1. The molecule has 3 aromatic rings. The van der Waals surface area contributed by atoms with Gasteiger partial charge in [0.25, 0.3) is 0 Å². The summed E-state index contributed by atoms with van der Waals surface area (Å²) in [7, 11) is 0. The second-order valence-corrected chi connectivity index (χ2v) is 7.42. The predicted molar refractivity (Wildman–Crippen MR) is 114 cm³/mol. The summed E-state index contributed by atoms with van der Waals surface area (Å²) < 4.78 is 14.8. The third-order valence-electron chi connectivity index (χ3n) is 5.59. The van der Waals surface area contributed by atoms with E-state index in [1.807, 2.05) is 28.8 Å². The van der Waals surface area contributed by atoms with E-state index in [2.05, 4.69) is 9.88 Å². The molecule has 162 valence electrons. The van der Waals surface area contributed by atoms with Gasteiger partial charge in [-0.2, -0.15) is 0 Å². The fourth-order valence-electron chi connectivity index (χ4n) is 4.08. The number of likely N-dealkylation sites (tertiary alicyclic amines) is 1. The predicted octanol–water partition coefficient (Wildman–Crippen LogP) is 2.12. The molecule has 0 radical (unpaired) electrons. The molecule has 1 aliphatic rings. The van der Waals surface area contributed by atoms with E-state index in [1.165, 1.54) is 12.1 Å². The van der Waals surface area contributed by atoms with E-state index in [-0.39, 0.29) is 34.3 Å². The van der Waals surface area contributed by atoms with Crippen LogP contribution in [0.25, 0.3) is 11.0 Å². The van der Waals surface area contributed by atoms with Crippen LogP contribution in [0.5, 0.6) is 0 Å². The van der Waals surface area contributed by atoms with Crippen molar-refractivity contribution in [3.05, 3.63) is 70.4 Å². The number of aromatic nitrogens is 2. The SMILES string of the molecule is O.O.O=C(CCCN1CCC(n2c(=O)[nH]c3ccccc32)CC1)c1ccc(F)cc1. The van der Waals surface area contributed by atoms with Crippen LogP contribution in [0.2, 0.25) is 0 Å². The summed E-state index contributed by atoms with van der Waals surface area (Å²) in [4.78, 5) is 29.8. The zero-order valence-corrected chi connectivity index (χ0v) is 16.7. The van der Waals surface area contributed by atoms with Crippen molar-refractivity contribution in [2.24, 2.45) is 0 Å². The van der Waals surface area contributed by atoms with E-state index in [1.54, 1.807) is 12.1 Å². The number of carbonyl (C=O) groups is 1. The second kappa shape index (κ2) is 10.3. The van der Waals surface area contributed by atoms with Crippen molar-refractivity contribution in [2.75, 3.05) is 19.6 Å². The van der Waals surface area contributed by atoms with Crippen LogP contribution in [0.4, 0.5) is 4.39 Å². The molecule has 1 saturated heterocycles. The number of H-pyrrole nitrogens is 1. The molecule has 0 saturated carbocycles. The highest BCUT2D eigenvalue weighted by atomic mass is 19.1. The Labute approximate surface area is 173 Å². The maximum Gasteiger partial charge on any atom is 0.326 e. The molecule has 7 nitrogen and oxygen atoms in total. The maximum atomic E-state index is 12.9. The number of imidazole rings is 1. The Balaban J connectivity index is 0.00000160. The van der Waals surface area contributed by atoms with Gasteiger partial charge in [0, 0.05) is 31.1 Å². The van der Waals surface area contributed by atoms with E-state index in [0.717, 1.165) is 49.9 Å². The Morgan fingerprint density at radius 2 is 1.70 bits per heavy atom. The quantitative estimate of drug-likeness (QED) is 0.618. The van der Waals surface area contributed by atoms with Gasteiger partial charge < -0.3 is 20.8 Å². The Hall–Kier alpha value is -2.81. The second-order valence-electron chi connectivity index (χ2n) is 7.42. The minimum absolute atomic E-state index is 0. The lowest BCUT2D eigenvalue weighted by Crippen LogP contribution is -2.37. The van der Waals surface area contributed by atoms with E-state index in [4.69, 9.17) is 0 Å². The normalized spacial score (nSPS) is 14.8. The Kier molecular flexibility index (Phi) is 8.05. The number of nitrogens with zero attached hydrogens (tertiary/aromatic N) is 2. The van der Waals surface area contributed by atoms with E-state index < -0.39 is 0 Å². The van der Waals surface area contributed by atoms with Gasteiger partial charge >= 0.3 is 5.69 Å². The molecule has 5 N–H and O–H groups in total. The highest BCUT2D eigenvalue weighted by Crippen LogP contribution is 2.25. The number of ketones is 1. The van der Waals surface area contributed by atoms with E-state index in [0.29, 0.717) is 12.0 Å². The number of halogens is 1. The number of para-hydroxylation sites is 2. The maximum absolute atomic E-state index is 12.9. The van der Waals surface area contributed by atoms with E-state index in [9.17, 15) is 14.0 Å². The van der Waals surface area contributed by atoms with Gasteiger partial charge in [0.1, 0.15) is 5.82 Å². The average Bonchev–Trinajstić information content (AvgIpc) is 3.05. The van der Waals surface area contributed by atoms with Crippen molar-refractivity contribution in [3.8, 4) is 0 Å². The zero-order valence-electron chi connectivity index (χ0n) is 16.7. The van der Waals surface area contributed by atoms with Crippen molar-refractivity contribution >= 4 is 16.8 Å². The lowest BCUT2D eigenvalue weighted by molar-refractivity contribution is 0.0970. The van der Waals surface area contributed by atoms with Crippen LogP contribution in [-0.2, 0) is 0 Å². The van der Waals surface area contributed by atoms with Crippen LogP contribution in [0.1, 0.15) is 42.1 Å². The number of hydrogen-bond acceptors (Lipinski definition) is 3. The van der Waals surface area contributed by atoms with Crippen molar-refractivity contribution < 1.29 is 20.1 Å². The number of Topliss-reactive ketones (excluding diaryl/α,β-unsaturated/α-hetero) is 1. The number of rotatable bonds is 6. The Bertz CT molecular complexity index is 1020. The fraction of sp³-hybridized carbons (Fsp3) is 0.364. The van der Waals surface area contributed by atoms with Crippen molar-refractivity contribution in [1.29, 1.82) is 0 Å². The van der Waals surface area contributed by atoms with Crippen LogP contribution < -0.4 is 5.69 Å². The van der Waals surface area contributed by atoms with Gasteiger partial charge in [0.2, 0.25) is 0 Å². The van der Waals surface area contributed by atoms with Crippen molar-refractivity contribution in [1.82, 2.24) is 14.5 Å². The van der Waals surface area contributed by atoms with Gasteiger partial charge in [-0.1, -0.05) is 12.1 Å². The van der Waals surface area contributed by atoms with Gasteiger partial charge in [-0.25, -0.2) is 9.18 Å². The molecule has 1 aliphatic heterocycles. The van der Waals surface area contributed by atoms with Gasteiger partial charge in [-0.3, -0.25) is 9.36 Å². The fourth-order valence-corrected chi connectivity index (χ4v) is 4.08. The standard InChI is InChI=1S/C22H24FN3O2.2H2O/c23-17-9-7-16(8-10-17)21(27)6-3-13-25-14-11-18(12-15-25)26-20-5-2-1-4-19(20)24-22(26)28;;/h1-2,4-5,7-10,18H,3,6,11-15H2,(H,24,28);2*1H2. The van der Waals surface area contributed by atoms with Gasteiger partial charge in [-0.15, -0.1) is 0 Å². The molecule has 2 heterocycles. The van der Waals surface area contributed by atoms with Crippen molar-refractivity contribution in [3.63, 3.8) is 0 Å². The van der Waals surface area contributed by atoms with Crippen LogP contribution in [0, 0.1) is 5.82 Å². The molecule has 0 amide bonds.